The molecule has 0 bridgehead atoms. The van der Waals surface area contributed by atoms with Crippen LogP contribution in [0.5, 0.6) is 0 Å². The third-order valence-electron chi connectivity index (χ3n) is 6.02. The molecular weight excluding hydrogens is 522 g/mol. The molecule has 40 heavy (non-hydrogen) atoms. The Morgan fingerprint density at radius 1 is 0.900 bits per heavy atom. The van der Waals surface area contributed by atoms with E-state index in [2.05, 4.69) is 26.1 Å². The van der Waals surface area contributed by atoms with Gasteiger partial charge in [-0.3, -0.25) is 19.7 Å². The van der Waals surface area contributed by atoms with E-state index in [4.69, 9.17) is 0 Å². The van der Waals surface area contributed by atoms with E-state index >= 15 is 0 Å². The van der Waals surface area contributed by atoms with Gasteiger partial charge in [-0.2, -0.15) is 5.10 Å². The molecule has 0 aliphatic rings. The van der Waals surface area contributed by atoms with Crippen LogP contribution in [0.15, 0.2) is 89.3 Å². The first-order valence-electron chi connectivity index (χ1n) is 12.8. The molecule has 204 valence electrons. The number of carbonyl (C=O) groups excluding carboxylic acids is 3. The number of nitrogens with zero attached hydrogens (tertiary/aromatic N) is 2. The van der Waals surface area contributed by atoms with Crippen molar-refractivity contribution in [2.75, 3.05) is 10.6 Å². The number of nitrogens with one attached hydrogen (secondary N) is 3. The van der Waals surface area contributed by atoms with Crippen molar-refractivity contribution in [3.63, 3.8) is 0 Å². The van der Waals surface area contributed by atoms with Gasteiger partial charge < -0.3 is 5.32 Å². The Labute approximate surface area is 237 Å². The fraction of sp³-hybridized carbons (Fsp3) is 0.194. The molecule has 8 nitrogen and oxygen atoms in total. The molecule has 4 rings (SSSR count). The van der Waals surface area contributed by atoms with Crippen LogP contribution in [0, 0.1) is 12.3 Å². The summed E-state index contributed by atoms with van der Waals surface area (Å²) in [6, 6.07) is 24.3. The zero-order valence-electron chi connectivity index (χ0n) is 22.8. The quantitative estimate of drug-likeness (QED) is 0.160. The summed E-state index contributed by atoms with van der Waals surface area (Å²) in [5, 5.41) is 12.3. The summed E-state index contributed by atoms with van der Waals surface area (Å²) >= 11 is 1.26. The number of hydrogen-bond donors (Lipinski definition) is 3. The van der Waals surface area contributed by atoms with Crippen LogP contribution in [0.2, 0.25) is 0 Å². The minimum Gasteiger partial charge on any atom is -0.355 e. The van der Waals surface area contributed by atoms with Crippen molar-refractivity contribution in [3.05, 3.63) is 95.4 Å². The molecule has 9 heteroatoms. The number of hydrogen-bond acceptors (Lipinski definition) is 7. The van der Waals surface area contributed by atoms with Gasteiger partial charge in [0, 0.05) is 22.0 Å². The van der Waals surface area contributed by atoms with Gasteiger partial charge >= 0.3 is 0 Å². The zero-order valence-corrected chi connectivity index (χ0v) is 23.6. The lowest BCUT2D eigenvalue weighted by molar-refractivity contribution is -0.125. The van der Waals surface area contributed by atoms with Gasteiger partial charge in [0.25, 0.3) is 11.8 Å². The van der Waals surface area contributed by atoms with Gasteiger partial charge in [0.2, 0.25) is 0 Å². The molecule has 0 saturated carbocycles. The molecule has 1 aromatic heterocycles. The number of ketones is 1. The van der Waals surface area contributed by atoms with Gasteiger partial charge in [0.05, 0.1) is 23.4 Å². The Morgan fingerprint density at radius 2 is 1.57 bits per heavy atom. The van der Waals surface area contributed by atoms with Crippen LogP contribution in [-0.4, -0.2) is 28.3 Å². The van der Waals surface area contributed by atoms with Crippen LogP contribution in [0.4, 0.5) is 16.5 Å². The van der Waals surface area contributed by atoms with Crippen LogP contribution in [0.1, 0.15) is 43.1 Å². The number of para-hydroxylation sites is 2. The summed E-state index contributed by atoms with van der Waals surface area (Å²) in [5.41, 5.74) is 6.16. The summed E-state index contributed by atoms with van der Waals surface area (Å²) in [6.07, 6.45) is -0.254. The van der Waals surface area contributed by atoms with Gasteiger partial charge in [0.1, 0.15) is 11.5 Å². The number of aryl methyl sites for hydroxylation is 1. The molecule has 0 fully saturated rings. The Hall–Kier alpha value is -4.63. The highest BCUT2D eigenvalue weighted by atomic mass is 32.1. The van der Waals surface area contributed by atoms with E-state index in [1.54, 1.807) is 39.0 Å². The second-order valence-electron chi connectivity index (χ2n) is 10.2. The molecule has 0 aliphatic carbocycles. The molecule has 0 unspecified atom stereocenters. The van der Waals surface area contributed by atoms with Crippen LogP contribution in [-0.2, 0) is 9.59 Å². The first-order chi connectivity index (χ1) is 19.1. The van der Waals surface area contributed by atoms with Crippen LogP contribution >= 0.6 is 11.3 Å². The normalized spacial score (nSPS) is 11.6. The number of carbonyl (C=O) groups is 3. The molecule has 3 N–H and O–H groups in total. The molecule has 4 aromatic rings. The van der Waals surface area contributed by atoms with E-state index in [0.29, 0.717) is 16.4 Å². The topological polar surface area (TPSA) is 113 Å². The van der Waals surface area contributed by atoms with Gasteiger partial charge in [-0.05, 0) is 31.2 Å². The highest BCUT2D eigenvalue weighted by molar-refractivity contribution is 7.14. The lowest BCUT2D eigenvalue weighted by Crippen LogP contribution is -2.32. The van der Waals surface area contributed by atoms with Crippen LogP contribution in [0.3, 0.4) is 0 Å². The summed E-state index contributed by atoms with van der Waals surface area (Å²) in [5.74, 6) is -1.33. The minimum atomic E-state index is -0.697. The van der Waals surface area contributed by atoms with Crippen molar-refractivity contribution in [3.8, 4) is 11.3 Å². The second-order valence-corrected chi connectivity index (χ2v) is 11.1. The number of rotatable bonds is 9. The number of anilines is 3. The maximum absolute atomic E-state index is 13.2. The van der Waals surface area contributed by atoms with Gasteiger partial charge in [-0.25, -0.2) is 10.4 Å². The van der Waals surface area contributed by atoms with E-state index < -0.39 is 17.2 Å². The number of aromatic nitrogens is 1. The third kappa shape index (κ3) is 7.48. The minimum absolute atomic E-state index is 0.117. The summed E-state index contributed by atoms with van der Waals surface area (Å²) in [6.45, 7) is 7.31. The van der Waals surface area contributed by atoms with Gasteiger partial charge in [-0.15, -0.1) is 11.3 Å². The van der Waals surface area contributed by atoms with E-state index in [9.17, 15) is 14.4 Å². The molecule has 3 aromatic carbocycles. The van der Waals surface area contributed by atoms with Crippen LogP contribution in [0.25, 0.3) is 11.3 Å². The monoisotopic (exact) mass is 553 g/mol. The lowest BCUT2D eigenvalue weighted by Gasteiger charge is -2.17. The predicted octanol–water partition coefficient (Wildman–Crippen LogP) is 6.59. The Morgan fingerprint density at radius 3 is 2.27 bits per heavy atom. The number of hydrazone groups is 1. The first kappa shape index (κ1) is 28.4. The number of Topliss-reactive ketones (excluding diaryl/α,β-unsaturated/α-hetero) is 1. The third-order valence-corrected chi connectivity index (χ3v) is 6.77. The number of thiazole rings is 1. The zero-order chi connectivity index (χ0) is 28.7. The molecule has 0 radical (unpaired) electrons. The van der Waals surface area contributed by atoms with Crippen molar-refractivity contribution >= 4 is 51.2 Å². The molecule has 0 saturated heterocycles. The molecular formula is C31H31N5O3S. The van der Waals surface area contributed by atoms with Gasteiger partial charge in [0.15, 0.2) is 5.13 Å². The first-order valence-corrected chi connectivity index (χ1v) is 13.6. The van der Waals surface area contributed by atoms with E-state index in [-0.39, 0.29) is 17.9 Å². The molecule has 0 aliphatic heterocycles. The van der Waals surface area contributed by atoms with Crippen molar-refractivity contribution in [2.45, 2.75) is 34.1 Å². The Balaban J connectivity index is 1.53. The van der Waals surface area contributed by atoms with Gasteiger partial charge in [-0.1, -0.05) is 80.9 Å². The average molecular weight is 554 g/mol. The lowest BCUT2D eigenvalue weighted by atomic mass is 9.88. The summed E-state index contributed by atoms with van der Waals surface area (Å²) in [4.78, 5) is 43.7. The molecule has 0 spiro atoms. The van der Waals surface area contributed by atoms with E-state index in [0.717, 1.165) is 22.5 Å². The highest BCUT2D eigenvalue weighted by Gasteiger charge is 2.26. The smallest absolute Gasteiger partial charge is 0.274 e. The SMILES string of the molecule is Cc1ccc(-c2csc(NC(=O)C(CC(=O)C(C)(C)C)=NNC(=O)c3ccccc3Nc3ccccc3)n2)cc1. The van der Waals surface area contributed by atoms with Crippen molar-refractivity contribution in [2.24, 2.45) is 10.5 Å². The predicted molar refractivity (Wildman–Crippen MR) is 161 cm³/mol. The number of benzene rings is 3. The Kier molecular flexibility index (Phi) is 8.86. The average Bonchev–Trinajstić information content (AvgIpc) is 3.39. The fourth-order valence-electron chi connectivity index (χ4n) is 3.59. The molecule has 0 atom stereocenters. The van der Waals surface area contributed by atoms with Crippen molar-refractivity contribution in [1.29, 1.82) is 0 Å². The Bertz CT molecular complexity index is 1540. The summed E-state index contributed by atoms with van der Waals surface area (Å²) in [7, 11) is 0. The van der Waals surface area contributed by atoms with Crippen molar-refractivity contribution in [1.82, 2.24) is 10.4 Å². The van der Waals surface area contributed by atoms with E-state index in [1.807, 2.05) is 73.0 Å². The molecule has 1 heterocycles. The van der Waals surface area contributed by atoms with Crippen molar-refractivity contribution < 1.29 is 14.4 Å². The maximum Gasteiger partial charge on any atom is 0.274 e. The largest absolute Gasteiger partial charge is 0.355 e. The highest BCUT2D eigenvalue weighted by Crippen LogP contribution is 2.26. The van der Waals surface area contributed by atoms with Crippen LogP contribution < -0.4 is 16.1 Å². The number of amides is 2. The maximum atomic E-state index is 13.2. The second kappa shape index (κ2) is 12.5. The van der Waals surface area contributed by atoms with E-state index in [1.165, 1.54) is 11.3 Å². The molecule has 2 amide bonds. The fourth-order valence-corrected chi connectivity index (χ4v) is 4.31. The standard InChI is InChI=1S/C31H31N5O3S/c1-20-14-16-21(17-15-20)26-19-40-30(33-26)34-29(39)25(18-27(37)31(2,3)4)35-36-28(38)23-12-8-9-13-24(23)32-22-10-6-5-7-11-22/h5-17,19,32H,18H2,1-4H3,(H,36,38)(H,33,34,39). The summed E-state index contributed by atoms with van der Waals surface area (Å²) < 4.78 is 0.